The molecule has 3 heterocycles. The van der Waals surface area contributed by atoms with Gasteiger partial charge in [-0.2, -0.15) is 0 Å². The van der Waals surface area contributed by atoms with E-state index in [4.69, 9.17) is 18.7 Å². The number of nitrogens with zero attached hydrogens (tertiary/aromatic N) is 2. The lowest BCUT2D eigenvalue weighted by molar-refractivity contribution is -0.0120. The molecule has 176 valence electrons. The van der Waals surface area contributed by atoms with E-state index >= 15 is 0 Å². The lowest BCUT2D eigenvalue weighted by atomic mass is 9.92. The van der Waals surface area contributed by atoms with Crippen LogP contribution < -0.4 is 0 Å². The first-order chi connectivity index (χ1) is 16.3. The SMILES string of the molecule is O=C(OCc1ccccc1)N1C[C@@H]2C[C@H]1C[C@H]2OCc1c(C2CCOCC2)noc1C1CC1. The van der Waals surface area contributed by atoms with Crippen molar-refractivity contribution in [3.05, 3.63) is 52.9 Å². The third kappa shape index (κ3) is 4.41. The number of carbonyl (C=O) groups is 1. The minimum atomic E-state index is -0.207. The van der Waals surface area contributed by atoms with E-state index in [1.807, 2.05) is 35.2 Å². The minimum absolute atomic E-state index is 0.178. The number of benzene rings is 1. The molecule has 1 aromatic heterocycles. The van der Waals surface area contributed by atoms with Crippen LogP contribution in [0.4, 0.5) is 4.79 Å². The summed E-state index contributed by atoms with van der Waals surface area (Å²) in [7, 11) is 0. The molecule has 1 amide bonds. The van der Waals surface area contributed by atoms with E-state index < -0.39 is 0 Å². The van der Waals surface area contributed by atoms with Gasteiger partial charge in [0.05, 0.1) is 18.4 Å². The molecule has 2 bridgehead atoms. The number of hydrogen-bond acceptors (Lipinski definition) is 6. The second-order valence-electron chi connectivity index (χ2n) is 10.00. The lowest BCUT2D eigenvalue weighted by Crippen LogP contribution is -2.42. The topological polar surface area (TPSA) is 74.0 Å². The number of fused-ring (bicyclic) bond motifs is 2. The van der Waals surface area contributed by atoms with Crippen LogP contribution in [0.25, 0.3) is 0 Å². The quantitative estimate of drug-likeness (QED) is 0.603. The van der Waals surface area contributed by atoms with Crippen LogP contribution in [0.5, 0.6) is 0 Å². The van der Waals surface area contributed by atoms with Gasteiger partial charge in [0, 0.05) is 49.1 Å². The average Bonchev–Trinajstić information content (AvgIpc) is 3.31. The Kier molecular flexibility index (Phi) is 5.84. The zero-order valence-corrected chi connectivity index (χ0v) is 19.0. The van der Waals surface area contributed by atoms with Crippen molar-refractivity contribution in [1.29, 1.82) is 0 Å². The largest absolute Gasteiger partial charge is 0.445 e. The molecule has 6 rings (SSSR count). The smallest absolute Gasteiger partial charge is 0.410 e. The Bertz CT molecular complexity index is 966. The van der Waals surface area contributed by atoms with Crippen LogP contribution in [0.15, 0.2) is 34.9 Å². The highest BCUT2D eigenvalue weighted by atomic mass is 16.6. The Labute approximate surface area is 194 Å². The van der Waals surface area contributed by atoms with E-state index in [0.29, 0.717) is 31.0 Å². The van der Waals surface area contributed by atoms with Crippen molar-refractivity contribution < 1.29 is 23.5 Å². The molecule has 33 heavy (non-hydrogen) atoms. The Balaban J connectivity index is 1.05. The van der Waals surface area contributed by atoms with E-state index in [-0.39, 0.29) is 18.2 Å². The van der Waals surface area contributed by atoms with Crippen LogP contribution in [0.2, 0.25) is 0 Å². The maximum Gasteiger partial charge on any atom is 0.410 e. The van der Waals surface area contributed by atoms with Gasteiger partial charge in [-0.05, 0) is 44.1 Å². The molecule has 2 aliphatic carbocycles. The Morgan fingerprint density at radius 1 is 1.03 bits per heavy atom. The van der Waals surface area contributed by atoms with Crippen LogP contribution in [0.1, 0.15) is 72.9 Å². The van der Waals surface area contributed by atoms with Gasteiger partial charge in [0.15, 0.2) is 0 Å². The molecule has 2 aromatic rings. The number of hydrogen-bond donors (Lipinski definition) is 0. The Morgan fingerprint density at radius 3 is 2.58 bits per heavy atom. The molecule has 0 unspecified atom stereocenters. The second kappa shape index (κ2) is 9.11. The summed E-state index contributed by atoms with van der Waals surface area (Å²) >= 11 is 0. The summed E-state index contributed by atoms with van der Waals surface area (Å²) in [5, 5.41) is 4.49. The fraction of sp³-hybridized carbons (Fsp3) is 0.615. The molecule has 0 spiro atoms. The van der Waals surface area contributed by atoms with Gasteiger partial charge in [-0.3, -0.25) is 0 Å². The van der Waals surface area contributed by atoms with Gasteiger partial charge >= 0.3 is 6.09 Å². The zero-order chi connectivity index (χ0) is 22.2. The van der Waals surface area contributed by atoms with Crippen molar-refractivity contribution in [1.82, 2.24) is 10.1 Å². The molecule has 1 aromatic carbocycles. The van der Waals surface area contributed by atoms with E-state index in [1.54, 1.807) is 0 Å². The zero-order valence-electron chi connectivity index (χ0n) is 19.0. The standard InChI is InChI=1S/C26H32N2O5/c29-26(32-15-17-4-2-1-3-5-17)28-14-20-12-21(28)13-23(20)31-16-22-24(18-8-10-30-11-9-18)27-33-25(22)19-6-7-19/h1-5,18-21,23H,6-16H2/t20-,21-,23+/m0/s1. The van der Waals surface area contributed by atoms with Gasteiger partial charge in [0.2, 0.25) is 0 Å². The third-order valence-electron chi connectivity index (χ3n) is 7.76. The number of amides is 1. The normalized spacial score (nSPS) is 27.3. The van der Waals surface area contributed by atoms with Gasteiger partial charge in [0.1, 0.15) is 12.4 Å². The number of piperidine rings is 1. The lowest BCUT2D eigenvalue weighted by Gasteiger charge is -2.31. The summed E-state index contributed by atoms with van der Waals surface area (Å²) in [6, 6.07) is 10.0. The number of likely N-dealkylation sites (tertiary alicyclic amines) is 1. The van der Waals surface area contributed by atoms with Crippen molar-refractivity contribution in [2.24, 2.45) is 5.92 Å². The summed E-state index contributed by atoms with van der Waals surface area (Å²) in [5.41, 5.74) is 3.29. The van der Waals surface area contributed by atoms with Gasteiger partial charge in [-0.15, -0.1) is 0 Å². The summed E-state index contributed by atoms with van der Waals surface area (Å²) in [6.45, 7) is 3.18. The van der Waals surface area contributed by atoms with E-state index in [0.717, 1.165) is 62.5 Å². The molecule has 4 fully saturated rings. The molecule has 2 saturated carbocycles. The molecule has 0 N–H and O–H groups in total. The third-order valence-corrected chi connectivity index (χ3v) is 7.76. The molecular formula is C26H32N2O5. The van der Waals surface area contributed by atoms with Crippen molar-refractivity contribution in [2.75, 3.05) is 19.8 Å². The van der Waals surface area contributed by atoms with Gasteiger partial charge in [-0.1, -0.05) is 35.5 Å². The van der Waals surface area contributed by atoms with Crippen molar-refractivity contribution in [3.63, 3.8) is 0 Å². The fourth-order valence-electron chi connectivity index (χ4n) is 5.76. The summed E-state index contributed by atoms with van der Waals surface area (Å²) in [5.74, 6) is 2.34. The number of ether oxygens (including phenoxy) is 3. The molecule has 2 aliphatic heterocycles. The first-order valence-corrected chi connectivity index (χ1v) is 12.4. The number of carbonyl (C=O) groups excluding carboxylic acids is 1. The summed E-state index contributed by atoms with van der Waals surface area (Å²) in [4.78, 5) is 14.5. The van der Waals surface area contributed by atoms with Crippen molar-refractivity contribution in [2.45, 2.75) is 75.7 Å². The Hall–Kier alpha value is -2.38. The second-order valence-corrected chi connectivity index (χ2v) is 10.00. The van der Waals surface area contributed by atoms with Crippen LogP contribution >= 0.6 is 0 Å². The first-order valence-electron chi connectivity index (χ1n) is 12.4. The number of aromatic nitrogens is 1. The monoisotopic (exact) mass is 452 g/mol. The predicted molar refractivity (Wildman–Crippen MR) is 120 cm³/mol. The summed E-state index contributed by atoms with van der Waals surface area (Å²) < 4.78 is 23.4. The molecular weight excluding hydrogens is 420 g/mol. The average molecular weight is 453 g/mol. The van der Waals surface area contributed by atoms with Crippen LogP contribution in [0.3, 0.4) is 0 Å². The van der Waals surface area contributed by atoms with E-state index in [1.165, 1.54) is 18.4 Å². The molecule has 2 saturated heterocycles. The first kappa shape index (κ1) is 21.2. The van der Waals surface area contributed by atoms with E-state index in [9.17, 15) is 4.79 Å². The van der Waals surface area contributed by atoms with Crippen LogP contribution in [0, 0.1) is 5.92 Å². The maximum atomic E-state index is 12.6. The highest BCUT2D eigenvalue weighted by molar-refractivity contribution is 5.68. The van der Waals surface area contributed by atoms with Gasteiger partial charge in [0.25, 0.3) is 0 Å². The predicted octanol–water partition coefficient (Wildman–Crippen LogP) is 4.76. The van der Waals surface area contributed by atoms with Crippen molar-refractivity contribution >= 4 is 6.09 Å². The summed E-state index contributed by atoms with van der Waals surface area (Å²) in [6.07, 6.45) is 6.21. The van der Waals surface area contributed by atoms with Gasteiger partial charge < -0.3 is 23.6 Å². The van der Waals surface area contributed by atoms with Crippen LogP contribution in [-0.2, 0) is 27.4 Å². The molecule has 0 radical (unpaired) electrons. The molecule has 4 aliphatic rings. The minimum Gasteiger partial charge on any atom is -0.445 e. The van der Waals surface area contributed by atoms with Crippen LogP contribution in [-0.4, -0.2) is 48.1 Å². The highest BCUT2D eigenvalue weighted by Crippen LogP contribution is 2.45. The molecule has 7 heteroatoms. The van der Waals surface area contributed by atoms with Gasteiger partial charge in [-0.25, -0.2) is 4.79 Å². The Morgan fingerprint density at radius 2 is 1.85 bits per heavy atom. The highest BCUT2D eigenvalue weighted by Gasteiger charge is 2.48. The molecule has 3 atom stereocenters. The van der Waals surface area contributed by atoms with E-state index in [2.05, 4.69) is 5.16 Å². The number of rotatable bonds is 7. The fourth-order valence-corrected chi connectivity index (χ4v) is 5.76. The van der Waals surface area contributed by atoms with Crippen molar-refractivity contribution in [3.8, 4) is 0 Å². The molecule has 7 nitrogen and oxygen atoms in total. The maximum absolute atomic E-state index is 12.6.